The van der Waals surface area contributed by atoms with E-state index in [0.29, 0.717) is 37.9 Å². The Morgan fingerprint density at radius 3 is 2.51 bits per heavy atom. The molecule has 13 heteroatoms. The van der Waals surface area contributed by atoms with Crippen LogP contribution >= 0.6 is 0 Å². The summed E-state index contributed by atoms with van der Waals surface area (Å²) in [5, 5.41) is 3.82. The summed E-state index contributed by atoms with van der Waals surface area (Å²) in [6.07, 6.45) is -0.445. The Labute approximate surface area is 228 Å². The molecule has 1 amide bonds. The summed E-state index contributed by atoms with van der Waals surface area (Å²) in [5.41, 5.74) is 6.70. The molecule has 210 valence electrons. The van der Waals surface area contributed by atoms with E-state index in [1.165, 1.54) is 25.5 Å². The molecule has 3 heterocycles. The summed E-state index contributed by atoms with van der Waals surface area (Å²) < 4.78 is 28.0. The highest BCUT2D eigenvalue weighted by atomic mass is 28.3. The Bertz CT molecular complexity index is 1250. The van der Waals surface area contributed by atoms with Gasteiger partial charge >= 0.3 is 0 Å². The van der Waals surface area contributed by atoms with Crippen LogP contribution in [0.15, 0.2) is 30.2 Å². The van der Waals surface area contributed by atoms with Crippen molar-refractivity contribution in [1.82, 2.24) is 9.97 Å². The van der Waals surface area contributed by atoms with Crippen molar-refractivity contribution in [3.05, 3.63) is 35.8 Å². The fourth-order valence-electron chi connectivity index (χ4n) is 4.11. The minimum atomic E-state index is -1.59. The summed E-state index contributed by atoms with van der Waals surface area (Å²) in [5.74, 6) is -0.317. The second-order valence-corrected chi connectivity index (χ2v) is 15.4. The molecule has 1 fully saturated rings. The number of nitrogens with one attached hydrogen (secondary N) is 1. The molecule has 0 spiro atoms. The second kappa shape index (κ2) is 11.6. The minimum absolute atomic E-state index is 0.0525. The minimum Gasteiger partial charge on any atom is -0.479 e. The number of ether oxygens (including phenoxy) is 5. The lowest BCUT2D eigenvalue weighted by atomic mass is 10.2. The predicted octanol–water partition coefficient (Wildman–Crippen LogP) is 1.34. The van der Waals surface area contributed by atoms with Gasteiger partial charge in [-0.15, -0.1) is 0 Å². The highest BCUT2D eigenvalue weighted by Gasteiger charge is 2.37. The van der Waals surface area contributed by atoms with Gasteiger partial charge in [0.25, 0.3) is 11.9 Å². The van der Waals surface area contributed by atoms with Crippen LogP contribution in [-0.2, 0) is 19.1 Å². The maximum Gasteiger partial charge on any atom is 0.289 e. The summed E-state index contributed by atoms with van der Waals surface area (Å²) in [4.78, 5) is 36.6. The van der Waals surface area contributed by atoms with Gasteiger partial charge in [0.2, 0.25) is 29.6 Å². The molecule has 0 saturated carbocycles. The number of nitrogens with two attached hydrogens (primary N) is 1. The number of nitrogens with zero attached hydrogens (tertiary/aromatic N) is 3. The smallest absolute Gasteiger partial charge is 0.289 e. The number of amides is 1. The summed E-state index contributed by atoms with van der Waals surface area (Å²) >= 11 is 0. The maximum absolute atomic E-state index is 13.1. The highest BCUT2D eigenvalue weighted by Crippen LogP contribution is 2.34. The lowest BCUT2D eigenvalue weighted by molar-refractivity contribution is -0.134. The predicted molar refractivity (Wildman–Crippen MR) is 148 cm³/mol. The van der Waals surface area contributed by atoms with Gasteiger partial charge in [-0.3, -0.25) is 9.59 Å². The Morgan fingerprint density at radius 2 is 1.90 bits per heavy atom. The number of hydrogen-bond acceptors (Lipinski definition) is 11. The maximum atomic E-state index is 13.1. The Kier molecular flexibility index (Phi) is 8.42. The topological polar surface area (TPSA) is 147 Å². The van der Waals surface area contributed by atoms with Gasteiger partial charge in [0.15, 0.2) is 5.69 Å². The largest absolute Gasteiger partial charge is 0.479 e. The number of aromatic nitrogens is 2. The van der Waals surface area contributed by atoms with E-state index in [1.807, 2.05) is 24.0 Å². The van der Waals surface area contributed by atoms with E-state index >= 15 is 0 Å². The molecule has 12 nitrogen and oxygen atoms in total. The zero-order valence-electron chi connectivity index (χ0n) is 23.1. The normalized spacial score (nSPS) is 19.3. The van der Waals surface area contributed by atoms with Crippen molar-refractivity contribution in [2.75, 3.05) is 50.7 Å². The van der Waals surface area contributed by atoms with E-state index in [9.17, 15) is 9.59 Å². The average molecular weight is 558 g/mol. The van der Waals surface area contributed by atoms with Crippen LogP contribution in [-0.4, -0.2) is 82.4 Å². The van der Waals surface area contributed by atoms with E-state index in [1.54, 1.807) is 0 Å². The Hall–Kier alpha value is -3.68. The van der Waals surface area contributed by atoms with Gasteiger partial charge in [-0.1, -0.05) is 37.0 Å². The third-order valence-electron chi connectivity index (χ3n) is 6.41. The molecule has 2 aliphatic heterocycles. The number of ketones is 1. The van der Waals surface area contributed by atoms with E-state index in [0.717, 1.165) is 5.56 Å². The fraction of sp³-hybridized carbons (Fsp3) is 0.462. The molecule has 1 aromatic heterocycles. The number of carbonyl (C=O) groups excluding carboxylic acids is 2. The van der Waals surface area contributed by atoms with Gasteiger partial charge in [-0.25, -0.2) is 0 Å². The highest BCUT2D eigenvalue weighted by molar-refractivity contribution is 6.88. The Morgan fingerprint density at radius 1 is 1.21 bits per heavy atom. The third-order valence-corrected chi connectivity index (χ3v) is 8.45. The SMILES string of the molecule is COc1nc(N2CCOC(CN)C2)nc(OC)c1NC(=O)C1OC(Oc2cc([Si](C)(C)C)ccc2C)=CC1=O. The number of carbonyl (C=O) groups is 2. The molecule has 1 saturated heterocycles. The number of benzene rings is 1. The van der Waals surface area contributed by atoms with Gasteiger partial charge in [0, 0.05) is 19.6 Å². The first kappa shape index (κ1) is 28.3. The van der Waals surface area contributed by atoms with Crippen molar-refractivity contribution < 1.29 is 33.3 Å². The molecule has 1 aromatic carbocycles. The molecule has 2 unspecified atom stereocenters. The number of aryl methyl sites for hydroxylation is 1. The first-order chi connectivity index (χ1) is 18.5. The van der Waals surface area contributed by atoms with Crippen LogP contribution in [0.4, 0.5) is 11.6 Å². The second-order valence-electron chi connectivity index (χ2n) is 10.3. The van der Waals surface area contributed by atoms with Gasteiger partial charge < -0.3 is 39.6 Å². The lowest BCUT2D eigenvalue weighted by Crippen LogP contribution is -2.46. The van der Waals surface area contributed by atoms with Crippen LogP contribution in [0.5, 0.6) is 17.5 Å². The number of methoxy groups -OCH3 is 2. The first-order valence-corrected chi connectivity index (χ1v) is 16.1. The average Bonchev–Trinajstić information content (AvgIpc) is 3.29. The fourth-order valence-corrected chi connectivity index (χ4v) is 5.25. The Balaban J connectivity index is 1.49. The van der Waals surface area contributed by atoms with Crippen molar-refractivity contribution >= 4 is 36.6 Å². The van der Waals surface area contributed by atoms with Crippen molar-refractivity contribution in [1.29, 1.82) is 0 Å². The number of rotatable bonds is 9. The molecule has 0 radical (unpaired) electrons. The summed E-state index contributed by atoms with van der Waals surface area (Å²) in [6.45, 7) is 10.5. The third kappa shape index (κ3) is 6.32. The van der Waals surface area contributed by atoms with Crippen molar-refractivity contribution in [2.24, 2.45) is 5.73 Å². The number of hydrogen-bond donors (Lipinski definition) is 2. The van der Waals surface area contributed by atoms with E-state index in [4.69, 9.17) is 29.4 Å². The molecular weight excluding hydrogens is 522 g/mol. The summed E-state index contributed by atoms with van der Waals surface area (Å²) in [7, 11) is 1.22. The van der Waals surface area contributed by atoms with Crippen LogP contribution in [0, 0.1) is 6.92 Å². The molecule has 39 heavy (non-hydrogen) atoms. The van der Waals surface area contributed by atoms with E-state index in [-0.39, 0.29) is 29.5 Å². The van der Waals surface area contributed by atoms with Crippen LogP contribution in [0.1, 0.15) is 5.56 Å². The van der Waals surface area contributed by atoms with Crippen molar-refractivity contribution in [3.63, 3.8) is 0 Å². The molecule has 2 aliphatic rings. The molecule has 0 bridgehead atoms. The van der Waals surface area contributed by atoms with Crippen LogP contribution in [0.3, 0.4) is 0 Å². The summed E-state index contributed by atoms with van der Waals surface area (Å²) in [6, 6.07) is 6.02. The quantitative estimate of drug-likeness (QED) is 0.340. The number of morpholine rings is 1. The lowest BCUT2D eigenvalue weighted by Gasteiger charge is -2.32. The van der Waals surface area contributed by atoms with Gasteiger partial charge in [-0.2, -0.15) is 9.97 Å². The van der Waals surface area contributed by atoms with Crippen LogP contribution in [0.2, 0.25) is 19.6 Å². The zero-order valence-corrected chi connectivity index (χ0v) is 24.1. The first-order valence-electron chi connectivity index (χ1n) is 12.6. The molecule has 2 atom stereocenters. The molecule has 3 N–H and O–H groups in total. The van der Waals surface area contributed by atoms with E-state index in [2.05, 4.69) is 41.0 Å². The zero-order chi connectivity index (χ0) is 28.3. The van der Waals surface area contributed by atoms with Gasteiger partial charge in [0.1, 0.15) is 5.75 Å². The molecule has 4 rings (SSSR count). The molecule has 2 aromatic rings. The van der Waals surface area contributed by atoms with Crippen LogP contribution < -0.4 is 35.3 Å². The molecule has 0 aliphatic carbocycles. The van der Waals surface area contributed by atoms with E-state index < -0.39 is 25.9 Å². The van der Waals surface area contributed by atoms with Crippen LogP contribution in [0.25, 0.3) is 0 Å². The monoisotopic (exact) mass is 557 g/mol. The van der Waals surface area contributed by atoms with Gasteiger partial charge in [-0.05, 0) is 18.6 Å². The number of anilines is 2. The van der Waals surface area contributed by atoms with Crippen molar-refractivity contribution in [2.45, 2.75) is 38.8 Å². The van der Waals surface area contributed by atoms with Gasteiger partial charge in [0.05, 0.1) is 41.1 Å². The van der Waals surface area contributed by atoms with Crippen molar-refractivity contribution in [3.8, 4) is 17.5 Å². The standard InChI is InChI=1S/C26H35N5O7Si/c1-15-7-8-17(39(4,5)6)11-19(15)37-20-12-18(32)22(38-20)23(33)28-21-24(34-2)29-26(30-25(21)35-3)31-9-10-36-16(13-27)14-31/h7-8,11-12,16,22H,9-10,13-14,27H2,1-6H3,(H,28,33). The molecular formula is C26H35N5O7Si.